The highest BCUT2D eigenvalue weighted by molar-refractivity contribution is 6.13. The Bertz CT molecular complexity index is 1610. The number of hydrogen-bond donors (Lipinski definition) is 2. The Labute approximate surface area is 221 Å². The molecule has 0 radical (unpaired) electrons. The Morgan fingerprint density at radius 2 is 1.61 bits per heavy atom. The monoisotopic (exact) mass is 500 g/mol. The van der Waals surface area contributed by atoms with Crippen LogP contribution in [0.3, 0.4) is 0 Å². The number of fused-ring (bicyclic) bond motifs is 2. The number of aromatic hydroxyl groups is 1. The molecule has 0 spiro atoms. The van der Waals surface area contributed by atoms with Gasteiger partial charge in [-0.2, -0.15) is 5.01 Å². The van der Waals surface area contributed by atoms with Crippen LogP contribution in [0.4, 0.5) is 5.69 Å². The van der Waals surface area contributed by atoms with Gasteiger partial charge in [0.05, 0.1) is 17.0 Å². The number of rotatable bonds is 5. The lowest BCUT2D eigenvalue weighted by molar-refractivity contribution is -0.138. The third-order valence-corrected chi connectivity index (χ3v) is 8.03. The first-order valence-electron chi connectivity index (χ1n) is 12.8. The Kier molecular flexibility index (Phi) is 5.64. The molecule has 1 heterocycles. The minimum absolute atomic E-state index is 0.172. The highest BCUT2D eigenvalue weighted by Gasteiger charge is 2.66. The normalized spacial score (nSPS) is 22.8. The number of carbonyl (C=O) groups is 2. The molecule has 1 aliphatic carbocycles. The summed E-state index contributed by atoms with van der Waals surface area (Å²) in [5, 5.41) is 13.4. The van der Waals surface area contributed by atoms with Crippen molar-refractivity contribution in [1.82, 2.24) is 5.01 Å². The van der Waals surface area contributed by atoms with Gasteiger partial charge >= 0.3 is 0 Å². The molecule has 1 fully saturated rings. The predicted octanol–water partition coefficient (Wildman–Crippen LogP) is 6.40. The molecular weight excluding hydrogens is 472 g/mol. The van der Waals surface area contributed by atoms with Crippen molar-refractivity contribution in [2.45, 2.75) is 24.7 Å². The number of anilines is 1. The molecule has 6 rings (SSSR count). The molecule has 1 aliphatic heterocycles. The van der Waals surface area contributed by atoms with Crippen LogP contribution in [-0.2, 0) is 15.0 Å². The van der Waals surface area contributed by atoms with E-state index in [-0.39, 0.29) is 17.6 Å². The molecule has 5 heteroatoms. The van der Waals surface area contributed by atoms with Gasteiger partial charge in [0.25, 0.3) is 11.8 Å². The summed E-state index contributed by atoms with van der Waals surface area (Å²) in [6.45, 7) is 6.08. The van der Waals surface area contributed by atoms with Crippen molar-refractivity contribution in [3.05, 3.63) is 132 Å². The smallest absolute Gasteiger partial charge is 0.260 e. The molecule has 2 amide bonds. The molecule has 2 N–H and O–H groups in total. The first-order valence-corrected chi connectivity index (χ1v) is 12.8. The maximum Gasteiger partial charge on any atom is 0.260 e. The lowest BCUT2D eigenvalue weighted by Gasteiger charge is -2.43. The largest absolute Gasteiger partial charge is 0.507 e. The molecule has 2 aliphatic rings. The highest BCUT2D eigenvalue weighted by Crippen LogP contribution is 2.58. The van der Waals surface area contributed by atoms with Gasteiger partial charge in [0.1, 0.15) is 5.75 Å². The Hall–Kier alpha value is -4.64. The molecule has 38 heavy (non-hydrogen) atoms. The summed E-state index contributed by atoms with van der Waals surface area (Å²) >= 11 is 0. The number of nitrogens with zero attached hydrogens (tertiary/aromatic N) is 1. The van der Waals surface area contributed by atoms with E-state index in [4.69, 9.17) is 0 Å². The third-order valence-electron chi connectivity index (χ3n) is 8.03. The van der Waals surface area contributed by atoms with E-state index in [1.54, 1.807) is 12.1 Å². The molecule has 188 valence electrons. The zero-order valence-electron chi connectivity index (χ0n) is 21.1. The van der Waals surface area contributed by atoms with Crippen LogP contribution in [0.1, 0.15) is 29.0 Å². The number of nitrogens with one attached hydrogen (secondary N) is 1. The lowest BCUT2D eigenvalue weighted by Crippen LogP contribution is -2.48. The second-order valence-corrected chi connectivity index (χ2v) is 10.0. The third kappa shape index (κ3) is 3.39. The zero-order valence-corrected chi connectivity index (χ0v) is 21.1. The second-order valence-electron chi connectivity index (χ2n) is 10.0. The van der Waals surface area contributed by atoms with E-state index < -0.39 is 17.3 Å². The van der Waals surface area contributed by atoms with Gasteiger partial charge in [-0.15, -0.1) is 0 Å². The van der Waals surface area contributed by atoms with Crippen molar-refractivity contribution >= 4 is 28.3 Å². The summed E-state index contributed by atoms with van der Waals surface area (Å²) in [6, 6.07) is 28.4. The van der Waals surface area contributed by atoms with Gasteiger partial charge in [-0.1, -0.05) is 97.1 Å². The van der Waals surface area contributed by atoms with Crippen LogP contribution >= 0.6 is 0 Å². The number of allylic oxidation sites excluding steroid dienone is 3. The fraction of sp³-hybridized carbons (Fsp3) is 0.152. The van der Waals surface area contributed by atoms with E-state index in [0.717, 1.165) is 27.6 Å². The number of benzene rings is 4. The van der Waals surface area contributed by atoms with Crippen molar-refractivity contribution in [3.8, 4) is 5.75 Å². The summed E-state index contributed by atoms with van der Waals surface area (Å²) in [6.07, 6.45) is 4.24. The van der Waals surface area contributed by atoms with Crippen LogP contribution in [0.5, 0.6) is 5.75 Å². The van der Waals surface area contributed by atoms with Gasteiger partial charge in [-0.25, -0.2) is 0 Å². The van der Waals surface area contributed by atoms with Gasteiger partial charge in [-0.05, 0) is 53.6 Å². The Balaban J connectivity index is 1.61. The maximum atomic E-state index is 14.7. The van der Waals surface area contributed by atoms with Crippen LogP contribution in [0.25, 0.3) is 10.8 Å². The zero-order chi connectivity index (χ0) is 26.4. The maximum absolute atomic E-state index is 14.7. The standard InChI is InChI=1S/C33H28N2O3/c1-3-22-15-19-28-31(37)35(34-24-16-13-21(2)14-17-24)32(38)33(28,23-9-5-4-6-10-23)30(22)27-18-20-29(36)26-12-8-7-11-25(26)27/h3-18,20,28,30,34,36H,1,19H2,2H3. The quantitative estimate of drug-likeness (QED) is 0.311. The summed E-state index contributed by atoms with van der Waals surface area (Å²) < 4.78 is 0. The van der Waals surface area contributed by atoms with E-state index in [1.807, 2.05) is 97.9 Å². The summed E-state index contributed by atoms with van der Waals surface area (Å²) in [7, 11) is 0. The number of imide groups is 1. The highest BCUT2D eigenvalue weighted by atomic mass is 16.3. The molecule has 0 saturated carbocycles. The summed E-state index contributed by atoms with van der Waals surface area (Å²) in [5.74, 6) is -1.49. The number of aryl methyl sites for hydroxylation is 1. The molecular formula is C33H28N2O3. The Morgan fingerprint density at radius 3 is 2.32 bits per heavy atom. The van der Waals surface area contributed by atoms with Crippen LogP contribution in [0, 0.1) is 12.8 Å². The molecule has 3 atom stereocenters. The van der Waals surface area contributed by atoms with Crippen molar-refractivity contribution in [3.63, 3.8) is 0 Å². The lowest BCUT2D eigenvalue weighted by atomic mass is 9.55. The number of phenols is 1. The van der Waals surface area contributed by atoms with Crippen molar-refractivity contribution in [2.24, 2.45) is 5.92 Å². The summed E-state index contributed by atoms with van der Waals surface area (Å²) in [4.78, 5) is 28.8. The van der Waals surface area contributed by atoms with Crippen LogP contribution in [0.15, 0.2) is 115 Å². The van der Waals surface area contributed by atoms with Crippen LogP contribution < -0.4 is 5.43 Å². The average Bonchev–Trinajstić information content (AvgIpc) is 3.17. The summed E-state index contributed by atoms with van der Waals surface area (Å²) in [5.41, 5.74) is 6.21. The van der Waals surface area contributed by atoms with Crippen molar-refractivity contribution in [1.29, 1.82) is 0 Å². The molecule has 4 aromatic rings. The minimum atomic E-state index is -1.20. The fourth-order valence-corrected chi connectivity index (χ4v) is 6.28. The number of hydrogen-bond acceptors (Lipinski definition) is 4. The molecule has 3 unspecified atom stereocenters. The molecule has 0 aromatic heterocycles. The first-order chi connectivity index (χ1) is 18.5. The fourth-order valence-electron chi connectivity index (χ4n) is 6.28. The van der Waals surface area contributed by atoms with Gasteiger partial charge < -0.3 is 5.11 Å². The number of carbonyl (C=O) groups excluding carboxylic acids is 2. The number of amides is 2. The second kappa shape index (κ2) is 9.03. The molecule has 0 bridgehead atoms. The molecule has 1 saturated heterocycles. The van der Waals surface area contributed by atoms with Gasteiger partial charge in [0, 0.05) is 11.3 Å². The topological polar surface area (TPSA) is 69.6 Å². The average molecular weight is 501 g/mol. The van der Waals surface area contributed by atoms with E-state index in [2.05, 4.69) is 12.0 Å². The van der Waals surface area contributed by atoms with Gasteiger partial charge in [-0.3, -0.25) is 15.0 Å². The molecule has 4 aromatic carbocycles. The van der Waals surface area contributed by atoms with E-state index in [1.165, 1.54) is 5.01 Å². The van der Waals surface area contributed by atoms with Crippen LogP contribution in [0.2, 0.25) is 0 Å². The molecule has 5 nitrogen and oxygen atoms in total. The van der Waals surface area contributed by atoms with Crippen molar-refractivity contribution in [2.75, 3.05) is 5.43 Å². The van der Waals surface area contributed by atoms with Gasteiger partial charge in [0.2, 0.25) is 0 Å². The van der Waals surface area contributed by atoms with Crippen molar-refractivity contribution < 1.29 is 14.7 Å². The van der Waals surface area contributed by atoms with E-state index in [9.17, 15) is 14.7 Å². The Morgan fingerprint density at radius 1 is 0.921 bits per heavy atom. The predicted molar refractivity (Wildman–Crippen MR) is 150 cm³/mol. The SMILES string of the molecule is C=CC1=CCC2C(=O)N(Nc3ccc(C)cc3)C(=O)C2(c2ccccc2)C1c1ccc(O)c2ccccc12. The van der Waals surface area contributed by atoms with Gasteiger partial charge in [0.15, 0.2) is 0 Å². The van der Waals surface area contributed by atoms with Crippen LogP contribution in [-0.4, -0.2) is 21.9 Å². The number of phenolic OH excluding ortho intramolecular Hbond substituents is 1. The minimum Gasteiger partial charge on any atom is -0.507 e. The first kappa shape index (κ1) is 23.7. The number of hydrazine groups is 1. The van der Waals surface area contributed by atoms with E-state index in [0.29, 0.717) is 17.5 Å². The van der Waals surface area contributed by atoms with E-state index >= 15 is 0 Å².